The Morgan fingerprint density at radius 1 is 1.35 bits per heavy atom. The van der Waals surface area contributed by atoms with Crippen molar-refractivity contribution < 1.29 is 18.0 Å². The standard InChI is InChI=1S/C11H6BrF3OS/c12-8-3-1-2-6-7(4-11(13,14)15)9(5-16)17-10(6)8/h1-3,5H,4H2. The summed E-state index contributed by atoms with van der Waals surface area (Å²) in [4.78, 5) is 11.0. The fourth-order valence-corrected chi connectivity index (χ4v) is 3.28. The highest BCUT2D eigenvalue weighted by molar-refractivity contribution is 9.10. The quantitative estimate of drug-likeness (QED) is 0.739. The molecule has 1 nitrogen and oxygen atoms in total. The summed E-state index contributed by atoms with van der Waals surface area (Å²) in [6, 6.07) is 5.00. The van der Waals surface area contributed by atoms with Gasteiger partial charge in [-0.05, 0) is 32.9 Å². The van der Waals surface area contributed by atoms with E-state index in [1.807, 2.05) is 0 Å². The molecule has 90 valence electrons. The van der Waals surface area contributed by atoms with Crippen LogP contribution in [0.5, 0.6) is 0 Å². The third-order valence-electron chi connectivity index (χ3n) is 2.29. The minimum atomic E-state index is -4.31. The highest BCUT2D eigenvalue weighted by Crippen LogP contribution is 2.38. The molecule has 0 fully saturated rings. The van der Waals surface area contributed by atoms with E-state index in [2.05, 4.69) is 15.9 Å². The number of alkyl halides is 3. The second kappa shape index (κ2) is 4.42. The molecule has 0 spiro atoms. The van der Waals surface area contributed by atoms with Crippen LogP contribution >= 0.6 is 27.3 Å². The predicted octanol–water partition coefficient (Wildman–Crippen LogP) is 4.58. The summed E-state index contributed by atoms with van der Waals surface area (Å²) >= 11 is 4.34. The van der Waals surface area contributed by atoms with Crippen LogP contribution in [0.15, 0.2) is 22.7 Å². The van der Waals surface area contributed by atoms with Crippen molar-refractivity contribution in [1.29, 1.82) is 0 Å². The average molecular weight is 323 g/mol. The van der Waals surface area contributed by atoms with Crippen molar-refractivity contribution >= 4 is 43.6 Å². The molecule has 0 N–H and O–H groups in total. The molecule has 0 radical (unpaired) electrons. The zero-order valence-electron chi connectivity index (χ0n) is 8.34. The van der Waals surface area contributed by atoms with Gasteiger partial charge in [-0.3, -0.25) is 4.79 Å². The van der Waals surface area contributed by atoms with Crippen molar-refractivity contribution in [2.75, 3.05) is 0 Å². The first-order valence-electron chi connectivity index (χ1n) is 4.64. The monoisotopic (exact) mass is 322 g/mol. The van der Waals surface area contributed by atoms with E-state index in [0.29, 0.717) is 20.8 Å². The van der Waals surface area contributed by atoms with Gasteiger partial charge in [0, 0.05) is 9.17 Å². The van der Waals surface area contributed by atoms with Crippen LogP contribution in [0.1, 0.15) is 15.2 Å². The Bertz CT molecular complexity index is 574. The highest BCUT2D eigenvalue weighted by atomic mass is 79.9. The summed E-state index contributed by atoms with van der Waals surface area (Å²) in [6.45, 7) is 0. The Morgan fingerprint density at radius 3 is 2.65 bits per heavy atom. The number of halogens is 4. The highest BCUT2D eigenvalue weighted by Gasteiger charge is 2.31. The van der Waals surface area contributed by atoms with E-state index in [1.165, 1.54) is 0 Å². The van der Waals surface area contributed by atoms with Crippen LogP contribution in [0.25, 0.3) is 10.1 Å². The lowest BCUT2D eigenvalue weighted by Gasteiger charge is -2.06. The number of hydrogen-bond donors (Lipinski definition) is 0. The van der Waals surface area contributed by atoms with E-state index in [9.17, 15) is 18.0 Å². The largest absolute Gasteiger partial charge is 0.393 e. The van der Waals surface area contributed by atoms with E-state index in [1.54, 1.807) is 18.2 Å². The molecular formula is C11H6BrF3OS. The summed E-state index contributed by atoms with van der Waals surface area (Å²) in [5.41, 5.74) is 0.0637. The van der Waals surface area contributed by atoms with E-state index in [0.717, 1.165) is 11.3 Å². The lowest BCUT2D eigenvalue weighted by molar-refractivity contribution is -0.126. The summed E-state index contributed by atoms with van der Waals surface area (Å²) in [6.07, 6.45) is -4.90. The lowest BCUT2D eigenvalue weighted by atomic mass is 10.1. The SMILES string of the molecule is O=Cc1sc2c(Br)cccc2c1CC(F)(F)F. The van der Waals surface area contributed by atoms with Gasteiger partial charge in [-0.25, -0.2) is 0 Å². The van der Waals surface area contributed by atoms with E-state index in [-0.39, 0.29) is 10.4 Å². The maximum Gasteiger partial charge on any atom is 0.393 e. The van der Waals surface area contributed by atoms with Gasteiger partial charge in [0.2, 0.25) is 0 Å². The van der Waals surface area contributed by atoms with E-state index < -0.39 is 12.6 Å². The normalized spacial score (nSPS) is 12.0. The molecule has 0 saturated heterocycles. The third-order valence-corrected chi connectivity index (χ3v) is 4.42. The molecule has 0 saturated carbocycles. The Kier molecular flexibility index (Phi) is 3.27. The Hall–Kier alpha value is -0.880. The summed E-state index contributed by atoms with van der Waals surface area (Å²) in [5, 5.41) is 0.490. The molecule has 1 heterocycles. The van der Waals surface area contributed by atoms with Gasteiger partial charge in [0.15, 0.2) is 6.29 Å². The molecule has 17 heavy (non-hydrogen) atoms. The molecule has 0 aliphatic carbocycles. The van der Waals surface area contributed by atoms with Gasteiger partial charge < -0.3 is 0 Å². The Balaban J connectivity index is 2.67. The van der Waals surface area contributed by atoms with Gasteiger partial charge in [0.05, 0.1) is 11.3 Å². The minimum absolute atomic E-state index is 0.0637. The van der Waals surface area contributed by atoms with Gasteiger partial charge >= 0.3 is 6.18 Å². The average Bonchev–Trinajstić information content (AvgIpc) is 2.56. The molecular weight excluding hydrogens is 317 g/mol. The number of benzene rings is 1. The first-order chi connectivity index (χ1) is 7.92. The van der Waals surface area contributed by atoms with Crippen LogP contribution in [-0.2, 0) is 6.42 Å². The van der Waals surface area contributed by atoms with Crippen LogP contribution in [0.3, 0.4) is 0 Å². The molecule has 0 unspecified atom stereocenters. The summed E-state index contributed by atoms with van der Waals surface area (Å²) in [7, 11) is 0. The van der Waals surface area contributed by atoms with Crippen molar-refractivity contribution in [2.45, 2.75) is 12.6 Å². The molecule has 1 aromatic carbocycles. The molecule has 0 amide bonds. The first kappa shape index (κ1) is 12.6. The van der Waals surface area contributed by atoms with E-state index in [4.69, 9.17) is 0 Å². The van der Waals surface area contributed by atoms with Crippen LogP contribution in [-0.4, -0.2) is 12.5 Å². The maximum absolute atomic E-state index is 12.4. The second-order valence-electron chi connectivity index (χ2n) is 3.47. The van der Waals surface area contributed by atoms with Gasteiger partial charge in [-0.1, -0.05) is 12.1 Å². The summed E-state index contributed by atoms with van der Waals surface area (Å²) in [5.74, 6) is 0. The van der Waals surface area contributed by atoms with Crippen molar-refractivity contribution in [3.05, 3.63) is 33.1 Å². The topological polar surface area (TPSA) is 17.1 Å². The second-order valence-corrected chi connectivity index (χ2v) is 5.38. The minimum Gasteiger partial charge on any atom is -0.297 e. The van der Waals surface area contributed by atoms with Crippen LogP contribution in [0, 0.1) is 0 Å². The van der Waals surface area contributed by atoms with Crippen molar-refractivity contribution in [1.82, 2.24) is 0 Å². The number of hydrogen-bond acceptors (Lipinski definition) is 2. The third kappa shape index (κ3) is 2.52. The first-order valence-corrected chi connectivity index (χ1v) is 6.25. The molecule has 0 bridgehead atoms. The lowest BCUT2D eigenvalue weighted by Crippen LogP contribution is -2.12. The van der Waals surface area contributed by atoms with Gasteiger partial charge in [-0.15, -0.1) is 11.3 Å². The maximum atomic E-state index is 12.4. The Morgan fingerprint density at radius 2 is 2.06 bits per heavy atom. The number of carbonyl (C=O) groups excluding carboxylic acids is 1. The van der Waals surface area contributed by atoms with E-state index >= 15 is 0 Å². The van der Waals surface area contributed by atoms with Crippen molar-refractivity contribution in [2.24, 2.45) is 0 Å². The number of fused-ring (bicyclic) bond motifs is 1. The fourth-order valence-electron chi connectivity index (χ4n) is 1.63. The van der Waals surface area contributed by atoms with Gasteiger partial charge in [-0.2, -0.15) is 13.2 Å². The molecule has 0 aliphatic rings. The molecule has 2 aromatic rings. The number of rotatable bonds is 2. The predicted molar refractivity (Wildman–Crippen MR) is 64.7 cm³/mol. The summed E-state index contributed by atoms with van der Waals surface area (Å²) < 4.78 is 38.7. The van der Waals surface area contributed by atoms with Crippen LogP contribution in [0.2, 0.25) is 0 Å². The number of carbonyl (C=O) groups is 1. The molecule has 1 aromatic heterocycles. The zero-order valence-corrected chi connectivity index (χ0v) is 10.7. The molecule has 0 atom stereocenters. The van der Waals surface area contributed by atoms with Crippen molar-refractivity contribution in [3.63, 3.8) is 0 Å². The number of thiophene rings is 1. The smallest absolute Gasteiger partial charge is 0.297 e. The van der Waals surface area contributed by atoms with Crippen molar-refractivity contribution in [3.8, 4) is 0 Å². The molecule has 0 aliphatic heterocycles. The number of aldehydes is 1. The Labute approximate surface area is 107 Å². The molecule has 2 rings (SSSR count). The van der Waals surface area contributed by atoms with Gasteiger partial charge in [0.25, 0.3) is 0 Å². The fraction of sp³-hybridized carbons (Fsp3) is 0.182. The zero-order chi connectivity index (χ0) is 12.6. The van der Waals surface area contributed by atoms with Gasteiger partial charge in [0.1, 0.15) is 0 Å². The van der Waals surface area contributed by atoms with Crippen LogP contribution in [0.4, 0.5) is 13.2 Å². The molecule has 6 heteroatoms. The van der Waals surface area contributed by atoms with Crippen LogP contribution < -0.4 is 0 Å².